The Balaban J connectivity index is 2.38. The molecule has 30 heavy (non-hydrogen) atoms. The van der Waals surface area contributed by atoms with Gasteiger partial charge < -0.3 is 14.0 Å². The molecule has 1 aromatic heterocycles. The van der Waals surface area contributed by atoms with Crippen LogP contribution in [0.25, 0.3) is 16.5 Å². The summed E-state index contributed by atoms with van der Waals surface area (Å²) < 4.78 is 12.5. The number of hydrogen-bond acceptors (Lipinski definition) is 4. The molecule has 0 aliphatic carbocycles. The maximum atomic E-state index is 11.4. The number of allylic oxidation sites excluding steroid dienone is 4. The third-order valence-corrected chi connectivity index (χ3v) is 4.52. The lowest BCUT2D eigenvalue weighted by atomic mass is 10.1. The van der Waals surface area contributed by atoms with E-state index in [1.165, 1.54) is 0 Å². The molecule has 0 fully saturated rings. The van der Waals surface area contributed by atoms with Gasteiger partial charge in [0.05, 0.1) is 29.3 Å². The summed E-state index contributed by atoms with van der Waals surface area (Å²) in [5.41, 5.74) is 3.71. The summed E-state index contributed by atoms with van der Waals surface area (Å²) in [4.78, 5) is 11.4. The first kappa shape index (κ1) is 23.1. The minimum Gasteiger partial charge on any atom is -0.492 e. The van der Waals surface area contributed by atoms with Crippen LogP contribution in [0.2, 0.25) is 0 Å². The molecule has 6 nitrogen and oxygen atoms in total. The number of alkyl carbamates (subject to hydrolysis) is 1. The van der Waals surface area contributed by atoms with Crippen molar-refractivity contribution < 1.29 is 14.3 Å². The van der Waals surface area contributed by atoms with Crippen LogP contribution in [0.5, 0.6) is 5.75 Å². The van der Waals surface area contributed by atoms with Gasteiger partial charge in [-0.2, -0.15) is 5.26 Å². The Hall–Kier alpha value is -3.17. The Labute approximate surface area is 182 Å². The van der Waals surface area contributed by atoms with Gasteiger partial charge in [-0.1, -0.05) is 18.7 Å². The maximum Gasteiger partial charge on any atom is 0.411 e. The van der Waals surface area contributed by atoms with E-state index >= 15 is 0 Å². The van der Waals surface area contributed by atoms with Gasteiger partial charge in [-0.15, -0.1) is 11.6 Å². The minimum absolute atomic E-state index is 0.291. The highest BCUT2D eigenvalue weighted by molar-refractivity contribution is 6.18. The minimum atomic E-state index is -0.544. The molecular formula is C23H26ClN3O3. The van der Waals surface area contributed by atoms with E-state index in [4.69, 9.17) is 21.1 Å². The van der Waals surface area contributed by atoms with Crippen molar-refractivity contribution in [3.8, 4) is 11.8 Å². The van der Waals surface area contributed by atoms with Gasteiger partial charge in [0.2, 0.25) is 0 Å². The third-order valence-electron chi connectivity index (χ3n) is 4.37. The number of nitriles is 1. The molecule has 0 radical (unpaired) electrons. The Kier molecular flexibility index (Phi) is 8.57. The van der Waals surface area contributed by atoms with Crippen molar-refractivity contribution in [2.45, 2.75) is 27.3 Å². The number of amides is 1. The number of nitrogens with zero attached hydrogens (tertiary/aromatic N) is 2. The molecule has 0 saturated carbocycles. The van der Waals surface area contributed by atoms with E-state index in [9.17, 15) is 10.1 Å². The van der Waals surface area contributed by atoms with Crippen molar-refractivity contribution >= 4 is 34.2 Å². The van der Waals surface area contributed by atoms with E-state index in [1.54, 1.807) is 19.1 Å². The zero-order chi connectivity index (χ0) is 22.1. The molecule has 2 aromatic rings. The molecule has 158 valence electrons. The summed E-state index contributed by atoms with van der Waals surface area (Å²) >= 11 is 5.71. The fourth-order valence-electron chi connectivity index (χ4n) is 3.15. The van der Waals surface area contributed by atoms with Crippen LogP contribution in [0.3, 0.4) is 0 Å². The molecule has 0 bridgehead atoms. The molecule has 0 atom stereocenters. The van der Waals surface area contributed by atoms with E-state index in [0.29, 0.717) is 42.6 Å². The van der Waals surface area contributed by atoms with Gasteiger partial charge in [-0.25, -0.2) is 4.79 Å². The number of nitrogens with one attached hydrogen (secondary N) is 1. The molecule has 0 unspecified atom stereocenters. The van der Waals surface area contributed by atoms with Gasteiger partial charge in [0.15, 0.2) is 0 Å². The monoisotopic (exact) mass is 427 g/mol. The predicted octanol–water partition coefficient (Wildman–Crippen LogP) is 5.37. The normalized spacial score (nSPS) is 11.5. The number of rotatable bonds is 9. The Morgan fingerprint density at radius 2 is 2.17 bits per heavy atom. The smallest absolute Gasteiger partial charge is 0.411 e. The second-order valence-corrected chi connectivity index (χ2v) is 6.75. The number of benzene rings is 1. The molecule has 1 heterocycles. The highest BCUT2D eigenvalue weighted by atomic mass is 35.5. The van der Waals surface area contributed by atoms with Crippen molar-refractivity contribution in [3.63, 3.8) is 0 Å². The van der Waals surface area contributed by atoms with Crippen LogP contribution in [0.1, 0.15) is 32.0 Å². The van der Waals surface area contributed by atoms with Gasteiger partial charge in [0.1, 0.15) is 18.4 Å². The Bertz CT molecular complexity index is 1030. The number of carbonyl (C=O) groups excluding carboxylic acids is 1. The first-order chi connectivity index (χ1) is 14.5. The molecule has 0 saturated heterocycles. The fourth-order valence-corrected chi connectivity index (χ4v) is 3.23. The third kappa shape index (κ3) is 5.46. The quantitative estimate of drug-likeness (QED) is 0.431. The molecule has 0 spiro atoms. The molecular weight excluding hydrogens is 402 g/mol. The summed E-state index contributed by atoms with van der Waals surface area (Å²) in [6, 6.07) is 8.03. The lowest BCUT2D eigenvalue weighted by Crippen LogP contribution is -2.22. The lowest BCUT2D eigenvalue weighted by molar-refractivity contribution is 0.155. The topological polar surface area (TPSA) is 76.3 Å². The number of ether oxygens (including phenoxy) is 2. The van der Waals surface area contributed by atoms with Gasteiger partial charge in [-0.05, 0) is 44.6 Å². The van der Waals surface area contributed by atoms with Crippen LogP contribution in [0.15, 0.2) is 48.7 Å². The van der Waals surface area contributed by atoms with E-state index in [2.05, 4.69) is 22.5 Å². The van der Waals surface area contributed by atoms with Crippen molar-refractivity contribution in [3.05, 3.63) is 60.0 Å². The first-order valence-corrected chi connectivity index (χ1v) is 10.2. The van der Waals surface area contributed by atoms with Gasteiger partial charge >= 0.3 is 6.09 Å². The van der Waals surface area contributed by atoms with Crippen molar-refractivity contribution in [1.29, 1.82) is 5.26 Å². The lowest BCUT2D eigenvalue weighted by Gasteiger charge is -2.09. The van der Waals surface area contributed by atoms with Crippen molar-refractivity contribution in [1.82, 2.24) is 9.88 Å². The number of carbonyl (C=O) groups is 1. The summed E-state index contributed by atoms with van der Waals surface area (Å²) in [7, 11) is 0. The second-order valence-electron chi connectivity index (χ2n) is 6.38. The van der Waals surface area contributed by atoms with Gasteiger partial charge in [0.25, 0.3) is 0 Å². The zero-order valence-electron chi connectivity index (χ0n) is 17.5. The molecule has 0 aliphatic heterocycles. The number of aryl methyl sites for hydroxylation is 1. The number of fused-ring (bicyclic) bond motifs is 1. The van der Waals surface area contributed by atoms with Crippen LogP contribution in [0, 0.1) is 11.3 Å². The van der Waals surface area contributed by atoms with Crippen LogP contribution in [-0.2, 0) is 11.3 Å². The summed E-state index contributed by atoms with van der Waals surface area (Å²) in [6.45, 7) is 10.9. The molecule has 1 amide bonds. The fraction of sp³-hybridized carbons (Fsp3) is 0.304. The van der Waals surface area contributed by atoms with Crippen LogP contribution < -0.4 is 10.1 Å². The molecule has 7 heteroatoms. The molecule has 1 aromatic carbocycles. The number of aromatic nitrogens is 1. The van der Waals surface area contributed by atoms with Crippen LogP contribution >= 0.6 is 11.6 Å². The summed E-state index contributed by atoms with van der Waals surface area (Å²) in [6.07, 6.45) is 4.78. The SMILES string of the molecule is C=C(/C=C\C=C(/C)c1c(C#N)c2ccc(OCCCl)cc2n1CC)NC(=O)OCC. The Morgan fingerprint density at radius 3 is 2.80 bits per heavy atom. The van der Waals surface area contributed by atoms with E-state index < -0.39 is 6.09 Å². The van der Waals surface area contributed by atoms with E-state index in [-0.39, 0.29) is 0 Å². The summed E-state index contributed by atoms with van der Waals surface area (Å²) in [5.74, 6) is 1.13. The van der Waals surface area contributed by atoms with Crippen molar-refractivity contribution in [2.24, 2.45) is 0 Å². The van der Waals surface area contributed by atoms with Gasteiger partial charge in [-0.3, -0.25) is 5.32 Å². The van der Waals surface area contributed by atoms with Crippen LogP contribution in [0.4, 0.5) is 4.79 Å². The second kappa shape index (κ2) is 11.1. The maximum absolute atomic E-state index is 11.4. The first-order valence-electron chi connectivity index (χ1n) is 9.69. The standard InChI is InChI=1S/C23H26ClN3O3/c1-5-27-21-14-18(30-13-12-24)10-11-19(21)20(15-25)22(27)16(3)8-7-9-17(4)26-23(28)29-6-2/h7-11,14H,4-6,12-13H2,1-3H3,(H,26,28)/b9-7-,16-8+. The van der Waals surface area contributed by atoms with Crippen LogP contribution in [-0.4, -0.2) is 29.8 Å². The number of alkyl halides is 1. The zero-order valence-corrected chi connectivity index (χ0v) is 18.3. The van der Waals surface area contributed by atoms with E-state index in [1.807, 2.05) is 38.1 Å². The average molecular weight is 428 g/mol. The largest absolute Gasteiger partial charge is 0.492 e. The predicted molar refractivity (Wildman–Crippen MR) is 121 cm³/mol. The number of halogens is 1. The summed E-state index contributed by atoms with van der Waals surface area (Å²) in [5, 5.41) is 13.2. The number of hydrogen-bond donors (Lipinski definition) is 1. The van der Waals surface area contributed by atoms with E-state index in [0.717, 1.165) is 22.2 Å². The Morgan fingerprint density at radius 1 is 1.40 bits per heavy atom. The molecule has 0 aliphatic rings. The average Bonchev–Trinajstić information content (AvgIpc) is 3.04. The highest BCUT2D eigenvalue weighted by Crippen LogP contribution is 2.33. The highest BCUT2D eigenvalue weighted by Gasteiger charge is 2.18. The molecule has 2 rings (SSSR count). The van der Waals surface area contributed by atoms with Crippen molar-refractivity contribution in [2.75, 3.05) is 19.1 Å². The van der Waals surface area contributed by atoms with Gasteiger partial charge in [0, 0.05) is 23.7 Å². The molecule has 1 N–H and O–H groups in total.